The van der Waals surface area contributed by atoms with Crippen LogP contribution in [-0.2, 0) is 27.7 Å². The van der Waals surface area contributed by atoms with Gasteiger partial charge in [0.1, 0.15) is 11.5 Å². The maximum Gasteiger partial charge on any atom is 0.262 e. The van der Waals surface area contributed by atoms with Gasteiger partial charge in [-0.1, -0.05) is 30.3 Å². The van der Waals surface area contributed by atoms with Crippen LogP contribution in [0.3, 0.4) is 0 Å². The number of para-hydroxylation sites is 1. The van der Waals surface area contributed by atoms with E-state index in [9.17, 15) is 23.4 Å². The van der Waals surface area contributed by atoms with Gasteiger partial charge < -0.3 is 25.6 Å². The smallest absolute Gasteiger partial charge is 0.262 e. The predicted molar refractivity (Wildman–Crippen MR) is 147 cm³/mol. The highest BCUT2D eigenvalue weighted by Crippen LogP contribution is 2.29. The van der Waals surface area contributed by atoms with Crippen LogP contribution in [0.2, 0.25) is 0 Å². The van der Waals surface area contributed by atoms with Crippen molar-refractivity contribution in [2.75, 3.05) is 29.4 Å². The van der Waals surface area contributed by atoms with Crippen LogP contribution in [0.5, 0.6) is 11.5 Å². The molecule has 0 aromatic heterocycles. The number of aliphatic hydroxyl groups is 1. The normalized spacial score (nSPS) is 16.1. The van der Waals surface area contributed by atoms with Crippen LogP contribution in [0, 0.1) is 0 Å². The Hall–Kier alpha value is -3.60. The lowest BCUT2D eigenvalue weighted by atomic mass is 10.0. The van der Waals surface area contributed by atoms with Gasteiger partial charge in [0.05, 0.1) is 18.0 Å². The number of sulfonamides is 1. The van der Waals surface area contributed by atoms with Crippen LogP contribution in [0.15, 0.2) is 66.7 Å². The van der Waals surface area contributed by atoms with E-state index in [4.69, 9.17) is 4.74 Å². The minimum absolute atomic E-state index is 0.0254. The van der Waals surface area contributed by atoms with Gasteiger partial charge in [-0.25, -0.2) is 8.42 Å². The molecule has 1 amide bonds. The molecule has 0 heterocycles. The second-order valence-electron chi connectivity index (χ2n) is 9.50. The molecule has 0 radical (unpaired) electrons. The summed E-state index contributed by atoms with van der Waals surface area (Å²) in [7, 11) is -3.57. The van der Waals surface area contributed by atoms with Gasteiger partial charge in [0, 0.05) is 18.3 Å². The number of carbonyl (C=O) groups is 1. The van der Waals surface area contributed by atoms with Crippen molar-refractivity contribution in [2.24, 2.45) is 0 Å². The molecule has 0 saturated carbocycles. The Morgan fingerprint density at radius 3 is 2.63 bits per heavy atom. The third kappa shape index (κ3) is 7.95. The fourth-order valence-electron chi connectivity index (χ4n) is 4.51. The fourth-order valence-corrected chi connectivity index (χ4v) is 5.08. The number of phenols is 1. The molecule has 9 nitrogen and oxygen atoms in total. The number of hydrogen-bond donors (Lipinski definition) is 5. The number of fused-ring (bicyclic) bond motifs is 1. The lowest BCUT2D eigenvalue weighted by Gasteiger charge is -2.20. The van der Waals surface area contributed by atoms with Gasteiger partial charge in [0.15, 0.2) is 6.61 Å². The van der Waals surface area contributed by atoms with Crippen LogP contribution in [-0.4, -0.2) is 50.0 Å². The average molecular weight is 540 g/mol. The highest BCUT2D eigenvalue weighted by molar-refractivity contribution is 7.92. The van der Waals surface area contributed by atoms with Gasteiger partial charge in [-0.3, -0.25) is 9.52 Å². The number of benzene rings is 3. The first-order valence-electron chi connectivity index (χ1n) is 12.5. The minimum atomic E-state index is -3.57. The molecular weight excluding hydrogens is 506 g/mol. The first kappa shape index (κ1) is 27.4. The predicted octanol–water partition coefficient (Wildman–Crippen LogP) is 3.35. The number of amides is 1. The number of ether oxygens (including phenoxy) is 1. The summed E-state index contributed by atoms with van der Waals surface area (Å²) in [5, 5.41) is 26.9. The molecule has 1 unspecified atom stereocenters. The molecule has 38 heavy (non-hydrogen) atoms. The molecule has 0 spiro atoms. The fraction of sp³-hybridized carbons (Fsp3) is 0.321. The molecule has 5 N–H and O–H groups in total. The van der Waals surface area contributed by atoms with Crippen molar-refractivity contribution in [1.82, 2.24) is 5.32 Å². The highest BCUT2D eigenvalue weighted by Gasteiger charge is 2.20. The van der Waals surface area contributed by atoms with E-state index in [1.807, 2.05) is 48.5 Å². The van der Waals surface area contributed by atoms with E-state index in [2.05, 4.69) is 15.4 Å². The van der Waals surface area contributed by atoms with Crippen LogP contribution in [0.25, 0.3) is 0 Å². The minimum Gasteiger partial charge on any atom is -0.506 e. The number of anilines is 2. The van der Waals surface area contributed by atoms with Crippen molar-refractivity contribution in [3.05, 3.63) is 83.4 Å². The second kappa shape index (κ2) is 12.3. The first-order valence-corrected chi connectivity index (χ1v) is 14.4. The third-order valence-corrected chi connectivity index (χ3v) is 6.96. The van der Waals surface area contributed by atoms with E-state index in [0.29, 0.717) is 17.0 Å². The second-order valence-corrected chi connectivity index (χ2v) is 11.2. The zero-order valence-electron chi connectivity index (χ0n) is 21.2. The summed E-state index contributed by atoms with van der Waals surface area (Å²) in [4.78, 5) is 12.2. The quantitative estimate of drug-likeness (QED) is 0.197. The number of phenolic OH excluding ortho intramolecular Hbond substituents is 1. The summed E-state index contributed by atoms with van der Waals surface area (Å²) in [6.45, 7) is 0.170. The number of aliphatic hydroxyl groups excluding tert-OH is 1. The molecule has 0 bridgehead atoms. The number of hydrogen-bond acceptors (Lipinski definition) is 7. The third-order valence-electron chi connectivity index (χ3n) is 6.37. The molecule has 2 atom stereocenters. The molecule has 10 heteroatoms. The number of carbonyl (C=O) groups excluding carboxylic acids is 1. The van der Waals surface area contributed by atoms with Crippen molar-refractivity contribution in [3.63, 3.8) is 0 Å². The Labute approximate surface area is 222 Å². The van der Waals surface area contributed by atoms with Crippen molar-refractivity contribution >= 4 is 27.3 Å². The van der Waals surface area contributed by atoms with E-state index in [1.165, 1.54) is 17.7 Å². The zero-order valence-corrected chi connectivity index (χ0v) is 22.0. The molecule has 0 fully saturated rings. The lowest BCUT2D eigenvalue weighted by Crippen LogP contribution is -2.34. The average Bonchev–Trinajstić information content (AvgIpc) is 3.08. The Balaban J connectivity index is 1.34. The highest BCUT2D eigenvalue weighted by atomic mass is 32.2. The molecule has 202 valence electrons. The van der Waals surface area contributed by atoms with E-state index in [1.54, 1.807) is 6.07 Å². The first-order chi connectivity index (χ1) is 18.2. The van der Waals surface area contributed by atoms with Gasteiger partial charge in [0.25, 0.3) is 5.91 Å². The SMILES string of the molecule is CS(=O)(=O)Nc1cc([C@@H](O)CNC2CCCc3ccc(OCC(=O)Nc4ccccc4)cc3C2)ccc1O. The molecule has 3 aromatic rings. The molecule has 0 saturated heterocycles. The maximum absolute atomic E-state index is 12.2. The standard InChI is InChI=1S/C28H33N3O6S/c1-38(35,36)31-25-16-20(11-13-26(25)32)27(33)17-29-23-9-5-6-19-10-12-24(15-21(19)14-23)37-18-28(34)30-22-7-3-2-4-8-22/h2-4,7-8,10-13,15-16,23,27,29,31-33H,5-6,9,14,17-18H2,1H3,(H,30,34)/t23?,27-/m0/s1. The van der Waals surface area contributed by atoms with Gasteiger partial charge in [-0.15, -0.1) is 0 Å². The largest absolute Gasteiger partial charge is 0.506 e. The van der Waals surface area contributed by atoms with Crippen molar-refractivity contribution < 1.29 is 28.2 Å². The van der Waals surface area contributed by atoms with E-state index < -0.39 is 16.1 Å². The van der Waals surface area contributed by atoms with Gasteiger partial charge in [0.2, 0.25) is 10.0 Å². The summed E-state index contributed by atoms with van der Waals surface area (Å²) < 4.78 is 31.1. The number of aromatic hydroxyl groups is 1. The van der Waals surface area contributed by atoms with Crippen LogP contribution in [0.4, 0.5) is 11.4 Å². The molecule has 3 aromatic carbocycles. The number of rotatable bonds is 10. The summed E-state index contributed by atoms with van der Waals surface area (Å²) in [5.74, 6) is 0.182. The lowest BCUT2D eigenvalue weighted by molar-refractivity contribution is -0.118. The monoisotopic (exact) mass is 539 g/mol. The Bertz CT molecular complexity index is 1360. The Morgan fingerprint density at radius 2 is 1.87 bits per heavy atom. The van der Waals surface area contributed by atoms with Crippen molar-refractivity contribution in [2.45, 2.75) is 37.8 Å². The Kier molecular flexibility index (Phi) is 8.88. The van der Waals surface area contributed by atoms with E-state index in [-0.39, 0.29) is 36.5 Å². The summed E-state index contributed by atoms with van der Waals surface area (Å²) in [6, 6.07) is 19.6. The van der Waals surface area contributed by atoms with Crippen molar-refractivity contribution in [1.29, 1.82) is 0 Å². The van der Waals surface area contributed by atoms with Crippen LogP contribution < -0.4 is 20.1 Å². The number of aryl methyl sites for hydroxylation is 1. The number of nitrogens with one attached hydrogen (secondary N) is 3. The van der Waals surface area contributed by atoms with E-state index in [0.717, 1.165) is 37.5 Å². The summed E-state index contributed by atoms with van der Waals surface area (Å²) in [6.07, 6.45) is 3.69. The topological polar surface area (TPSA) is 137 Å². The maximum atomic E-state index is 12.2. The Morgan fingerprint density at radius 1 is 1.08 bits per heavy atom. The molecule has 1 aliphatic rings. The summed E-state index contributed by atoms with van der Waals surface area (Å²) in [5.41, 5.74) is 3.61. The zero-order chi connectivity index (χ0) is 27.1. The summed E-state index contributed by atoms with van der Waals surface area (Å²) >= 11 is 0. The molecule has 0 aliphatic heterocycles. The molecule has 4 rings (SSSR count). The van der Waals surface area contributed by atoms with Crippen LogP contribution >= 0.6 is 0 Å². The van der Waals surface area contributed by atoms with Crippen LogP contribution in [0.1, 0.15) is 35.6 Å². The van der Waals surface area contributed by atoms with Gasteiger partial charge in [-0.05, 0) is 78.8 Å². The van der Waals surface area contributed by atoms with E-state index >= 15 is 0 Å². The molecule has 1 aliphatic carbocycles. The van der Waals surface area contributed by atoms with Crippen molar-refractivity contribution in [3.8, 4) is 11.5 Å². The van der Waals surface area contributed by atoms with Gasteiger partial charge >= 0.3 is 0 Å². The molecular formula is C28H33N3O6S. The van der Waals surface area contributed by atoms with Gasteiger partial charge in [-0.2, -0.15) is 0 Å².